The highest BCUT2D eigenvalue weighted by atomic mass is 32.2. The van der Waals surface area contributed by atoms with Crippen LogP contribution >= 0.6 is 23.1 Å². The minimum atomic E-state index is -0.286. The van der Waals surface area contributed by atoms with E-state index in [9.17, 15) is 14.4 Å². The summed E-state index contributed by atoms with van der Waals surface area (Å²) in [7, 11) is 1.81. The van der Waals surface area contributed by atoms with Gasteiger partial charge in [0.25, 0.3) is 5.91 Å². The number of carbonyl (C=O) groups excluding carboxylic acids is 3. The number of carbonyl (C=O) groups is 3. The Labute approximate surface area is 199 Å². The predicted molar refractivity (Wildman–Crippen MR) is 127 cm³/mol. The van der Waals surface area contributed by atoms with E-state index in [0.29, 0.717) is 23.0 Å². The molecule has 172 valence electrons. The largest absolute Gasteiger partial charge is 0.352 e. The van der Waals surface area contributed by atoms with Crippen molar-refractivity contribution in [3.63, 3.8) is 0 Å². The standard InChI is InChI=1S/C22H24N6O3S2/c1-27-14-24-26-22(27)33-13-19(29)25-17-4-2-3-15(11-17)21(31)23-8-5-20(30)28-9-6-18-16(12-28)7-10-32-18/h2-4,7,10-11,14H,5-6,8-9,12-13H2,1H3,(H,23,31)(H,25,29). The van der Waals surface area contributed by atoms with Crippen molar-refractivity contribution in [3.8, 4) is 0 Å². The average Bonchev–Trinajstić information content (AvgIpc) is 3.45. The molecule has 0 atom stereocenters. The van der Waals surface area contributed by atoms with Crippen molar-refractivity contribution < 1.29 is 14.4 Å². The van der Waals surface area contributed by atoms with Crippen molar-refractivity contribution in [1.82, 2.24) is 25.0 Å². The van der Waals surface area contributed by atoms with Crippen LogP contribution in [0.5, 0.6) is 0 Å². The van der Waals surface area contributed by atoms with Crippen LogP contribution in [0.1, 0.15) is 27.2 Å². The smallest absolute Gasteiger partial charge is 0.251 e. The van der Waals surface area contributed by atoms with E-state index in [0.717, 1.165) is 13.0 Å². The number of amides is 3. The fourth-order valence-corrected chi connectivity index (χ4v) is 5.05. The Morgan fingerprint density at radius 1 is 1.24 bits per heavy atom. The van der Waals surface area contributed by atoms with E-state index in [1.807, 2.05) is 11.9 Å². The van der Waals surface area contributed by atoms with Gasteiger partial charge in [-0.05, 0) is 41.6 Å². The maximum atomic E-state index is 12.5. The third-order valence-electron chi connectivity index (χ3n) is 5.20. The Morgan fingerprint density at radius 2 is 2.12 bits per heavy atom. The van der Waals surface area contributed by atoms with Gasteiger partial charge in [-0.3, -0.25) is 14.4 Å². The number of rotatable bonds is 8. The lowest BCUT2D eigenvalue weighted by atomic mass is 10.1. The molecule has 0 radical (unpaired) electrons. The molecule has 2 aromatic heterocycles. The molecule has 33 heavy (non-hydrogen) atoms. The van der Waals surface area contributed by atoms with Crippen molar-refractivity contribution in [2.45, 2.75) is 24.5 Å². The van der Waals surface area contributed by atoms with Crippen molar-refractivity contribution in [2.75, 3.05) is 24.2 Å². The summed E-state index contributed by atoms with van der Waals surface area (Å²) in [5.74, 6) is -0.282. The molecule has 0 saturated heterocycles. The summed E-state index contributed by atoms with van der Waals surface area (Å²) >= 11 is 3.01. The molecule has 3 amide bonds. The Morgan fingerprint density at radius 3 is 2.94 bits per heavy atom. The van der Waals surface area contributed by atoms with Gasteiger partial charge in [0.15, 0.2) is 5.16 Å². The SMILES string of the molecule is Cn1cnnc1SCC(=O)Nc1cccc(C(=O)NCCC(=O)N2CCc3sccc3C2)c1. The van der Waals surface area contributed by atoms with Gasteiger partial charge in [0.05, 0.1) is 5.75 Å². The van der Waals surface area contributed by atoms with Crippen LogP contribution in [0, 0.1) is 0 Å². The second-order valence-corrected chi connectivity index (χ2v) is 9.53. The minimum absolute atomic E-state index is 0.0357. The quantitative estimate of drug-likeness (QED) is 0.475. The van der Waals surface area contributed by atoms with E-state index in [1.54, 1.807) is 46.5 Å². The summed E-state index contributed by atoms with van der Waals surface area (Å²) in [5.41, 5.74) is 2.17. The third kappa shape index (κ3) is 5.99. The van der Waals surface area contributed by atoms with Gasteiger partial charge in [-0.2, -0.15) is 0 Å². The van der Waals surface area contributed by atoms with Crippen LogP contribution in [0.4, 0.5) is 5.69 Å². The van der Waals surface area contributed by atoms with Crippen molar-refractivity contribution in [2.24, 2.45) is 7.05 Å². The van der Waals surface area contributed by atoms with Gasteiger partial charge in [-0.25, -0.2) is 0 Å². The van der Waals surface area contributed by atoms with Crippen LogP contribution in [0.3, 0.4) is 0 Å². The first-order valence-corrected chi connectivity index (χ1v) is 12.3. The molecule has 0 fully saturated rings. The van der Waals surface area contributed by atoms with Crippen LogP contribution < -0.4 is 10.6 Å². The molecule has 0 unspecified atom stereocenters. The number of nitrogens with one attached hydrogen (secondary N) is 2. The molecule has 1 aromatic carbocycles. The van der Waals surface area contributed by atoms with Gasteiger partial charge in [0, 0.05) is 49.2 Å². The summed E-state index contributed by atoms with van der Waals surface area (Å²) in [6.07, 6.45) is 2.71. The topological polar surface area (TPSA) is 109 Å². The molecule has 3 heterocycles. The molecule has 0 aliphatic carbocycles. The highest BCUT2D eigenvalue weighted by Gasteiger charge is 2.21. The lowest BCUT2D eigenvalue weighted by Gasteiger charge is -2.27. The van der Waals surface area contributed by atoms with Gasteiger partial charge >= 0.3 is 0 Å². The highest BCUT2D eigenvalue weighted by molar-refractivity contribution is 7.99. The summed E-state index contributed by atoms with van der Waals surface area (Å²) in [5, 5.41) is 16.0. The van der Waals surface area contributed by atoms with Crippen molar-refractivity contribution in [3.05, 3.63) is 58.0 Å². The van der Waals surface area contributed by atoms with Crippen LogP contribution in [0.15, 0.2) is 47.2 Å². The zero-order chi connectivity index (χ0) is 23.2. The maximum absolute atomic E-state index is 12.5. The normalized spacial score (nSPS) is 12.8. The molecule has 9 nitrogen and oxygen atoms in total. The van der Waals surface area contributed by atoms with Gasteiger partial charge in [-0.15, -0.1) is 21.5 Å². The summed E-state index contributed by atoms with van der Waals surface area (Å²) in [6, 6.07) is 8.79. The van der Waals surface area contributed by atoms with Gasteiger partial charge in [0.2, 0.25) is 11.8 Å². The fourth-order valence-electron chi connectivity index (χ4n) is 3.47. The van der Waals surface area contributed by atoms with E-state index in [2.05, 4.69) is 32.3 Å². The number of thiophene rings is 1. The summed E-state index contributed by atoms with van der Waals surface area (Å²) < 4.78 is 1.73. The highest BCUT2D eigenvalue weighted by Crippen LogP contribution is 2.24. The average molecular weight is 485 g/mol. The van der Waals surface area contributed by atoms with Crippen LogP contribution in [-0.4, -0.2) is 56.2 Å². The number of thioether (sulfide) groups is 1. The molecule has 1 aliphatic heterocycles. The Kier molecular flexibility index (Phi) is 7.40. The van der Waals surface area contributed by atoms with Crippen molar-refractivity contribution >= 4 is 46.5 Å². The predicted octanol–water partition coefficient (Wildman–Crippen LogP) is 2.31. The first kappa shape index (κ1) is 23.0. The molecule has 1 aliphatic rings. The second kappa shape index (κ2) is 10.6. The summed E-state index contributed by atoms with van der Waals surface area (Å²) in [6.45, 7) is 1.62. The molecular weight excluding hydrogens is 460 g/mol. The number of fused-ring (bicyclic) bond motifs is 1. The lowest BCUT2D eigenvalue weighted by Crippen LogP contribution is -2.37. The first-order chi connectivity index (χ1) is 16.0. The lowest BCUT2D eigenvalue weighted by molar-refractivity contribution is -0.132. The molecule has 0 spiro atoms. The number of anilines is 1. The van der Waals surface area contributed by atoms with Crippen LogP contribution in [-0.2, 0) is 29.6 Å². The molecular formula is C22H24N6O3S2. The van der Waals surface area contributed by atoms with Gasteiger partial charge in [0.1, 0.15) is 6.33 Å². The molecule has 0 bridgehead atoms. The number of aryl methyl sites for hydroxylation is 1. The molecule has 0 saturated carbocycles. The monoisotopic (exact) mass is 484 g/mol. The Bertz CT molecular complexity index is 1160. The zero-order valence-electron chi connectivity index (χ0n) is 18.1. The fraction of sp³-hybridized carbons (Fsp3) is 0.318. The van der Waals surface area contributed by atoms with E-state index in [1.165, 1.54) is 22.2 Å². The van der Waals surface area contributed by atoms with E-state index in [-0.39, 0.29) is 36.4 Å². The van der Waals surface area contributed by atoms with Crippen LogP contribution in [0.25, 0.3) is 0 Å². The molecule has 2 N–H and O–H groups in total. The van der Waals surface area contributed by atoms with Gasteiger partial charge in [-0.1, -0.05) is 17.8 Å². The minimum Gasteiger partial charge on any atom is -0.352 e. The molecule has 4 rings (SSSR count). The number of nitrogens with zero attached hydrogens (tertiary/aromatic N) is 4. The summed E-state index contributed by atoms with van der Waals surface area (Å²) in [4.78, 5) is 40.5. The first-order valence-electron chi connectivity index (χ1n) is 10.5. The van der Waals surface area contributed by atoms with Gasteiger partial charge < -0.3 is 20.1 Å². The molecule has 11 heteroatoms. The van der Waals surface area contributed by atoms with E-state index >= 15 is 0 Å². The number of aromatic nitrogens is 3. The Hall–Kier alpha value is -3.18. The third-order valence-corrected chi connectivity index (χ3v) is 7.25. The zero-order valence-corrected chi connectivity index (χ0v) is 19.7. The Balaban J connectivity index is 1.22. The second-order valence-electron chi connectivity index (χ2n) is 7.58. The molecule has 3 aromatic rings. The van der Waals surface area contributed by atoms with E-state index in [4.69, 9.17) is 0 Å². The van der Waals surface area contributed by atoms with Crippen LogP contribution in [0.2, 0.25) is 0 Å². The number of benzene rings is 1. The number of hydrogen-bond donors (Lipinski definition) is 2. The number of hydrogen-bond acceptors (Lipinski definition) is 7. The van der Waals surface area contributed by atoms with E-state index < -0.39 is 0 Å². The maximum Gasteiger partial charge on any atom is 0.251 e. The van der Waals surface area contributed by atoms with Crippen molar-refractivity contribution in [1.29, 1.82) is 0 Å².